The van der Waals surface area contributed by atoms with Gasteiger partial charge in [-0.1, -0.05) is 5.16 Å². The number of hydrogen-bond acceptors (Lipinski definition) is 6. The smallest absolute Gasteiger partial charge is 0.374 e. The SMILES string of the molecule is N#CCN(CC#N)C(=O)c1cc(C(=O)O)on1. The number of nitrogens with zero attached hydrogens (tertiary/aromatic N) is 4. The van der Waals surface area contributed by atoms with Crippen LogP contribution in [0.25, 0.3) is 0 Å². The van der Waals surface area contributed by atoms with E-state index in [1.807, 2.05) is 0 Å². The van der Waals surface area contributed by atoms with E-state index < -0.39 is 17.6 Å². The van der Waals surface area contributed by atoms with Crippen molar-refractivity contribution in [3.05, 3.63) is 17.5 Å². The normalized spacial score (nSPS) is 9.06. The van der Waals surface area contributed by atoms with Crippen LogP contribution in [-0.2, 0) is 0 Å². The van der Waals surface area contributed by atoms with Crippen molar-refractivity contribution < 1.29 is 19.2 Å². The van der Waals surface area contributed by atoms with Crippen molar-refractivity contribution >= 4 is 11.9 Å². The summed E-state index contributed by atoms with van der Waals surface area (Å²) in [6, 6.07) is 4.36. The van der Waals surface area contributed by atoms with E-state index >= 15 is 0 Å². The average molecular weight is 234 g/mol. The minimum Gasteiger partial charge on any atom is -0.475 e. The van der Waals surface area contributed by atoms with Gasteiger partial charge in [-0.3, -0.25) is 4.79 Å². The second-order valence-corrected chi connectivity index (χ2v) is 2.86. The molecule has 1 N–H and O–H groups in total. The molecule has 0 radical (unpaired) electrons. The minimum absolute atomic E-state index is 0.257. The van der Waals surface area contributed by atoms with E-state index in [1.54, 1.807) is 12.1 Å². The molecule has 86 valence electrons. The largest absolute Gasteiger partial charge is 0.475 e. The maximum absolute atomic E-state index is 11.7. The topological polar surface area (TPSA) is 131 Å². The van der Waals surface area contributed by atoms with Crippen LogP contribution in [0.15, 0.2) is 10.6 Å². The van der Waals surface area contributed by atoms with Gasteiger partial charge in [0, 0.05) is 6.07 Å². The highest BCUT2D eigenvalue weighted by molar-refractivity contribution is 5.95. The summed E-state index contributed by atoms with van der Waals surface area (Å²) in [5, 5.41) is 28.7. The van der Waals surface area contributed by atoms with Gasteiger partial charge in [0.25, 0.3) is 5.91 Å². The van der Waals surface area contributed by atoms with E-state index in [4.69, 9.17) is 15.6 Å². The van der Waals surface area contributed by atoms with Crippen molar-refractivity contribution in [3.63, 3.8) is 0 Å². The number of carbonyl (C=O) groups is 2. The standard InChI is InChI=1S/C9H6N4O4/c10-1-3-13(4-2-11)8(14)6-5-7(9(15)16)17-12-6/h5H,3-4H2,(H,15,16). The molecule has 8 heteroatoms. The summed E-state index contributed by atoms with van der Waals surface area (Å²) in [4.78, 5) is 23.1. The summed E-state index contributed by atoms with van der Waals surface area (Å²) in [5.74, 6) is -2.57. The first-order chi connectivity index (χ1) is 8.10. The van der Waals surface area contributed by atoms with Crippen molar-refractivity contribution in [1.82, 2.24) is 10.1 Å². The number of rotatable bonds is 4. The third-order valence-corrected chi connectivity index (χ3v) is 1.75. The molecule has 0 saturated heterocycles. The number of carbonyl (C=O) groups excluding carboxylic acids is 1. The second kappa shape index (κ2) is 5.28. The van der Waals surface area contributed by atoms with Crippen LogP contribution >= 0.6 is 0 Å². The molecule has 0 saturated carbocycles. The lowest BCUT2D eigenvalue weighted by Crippen LogP contribution is -2.32. The Bertz CT molecular complexity index is 506. The molecule has 0 atom stereocenters. The number of aromatic nitrogens is 1. The number of hydrogen-bond donors (Lipinski definition) is 1. The number of carboxylic acids is 1. The molecule has 1 heterocycles. The van der Waals surface area contributed by atoms with Gasteiger partial charge in [0.05, 0.1) is 12.1 Å². The second-order valence-electron chi connectivity index (χ2n) is 2.86. The highest BCUT2D eigenvalue weighted by Crippen LogP contribution is 2.06. The van der Waals surface area contributed by atoms with Gasteiger partial charge in [-0.25, -0.2) is 4.79 Å². The third-order valence-electron chi connectivity index (χ3n) is 1.75. The van der Waals surface area contributed by atoms with E-state index in [0.29, 0.717) is 0 Å². The third kappa shape index (κ3) is 2.79. The summed E-state index contributed by atoms with van der Waals surface area (Å²) >= 11 is 0. The lowest BCUT2D eigenvalue weighted by molar-refractivity contribution is 0.0649. The molecule has 0 unspecified atom stereocenters. The zero-order valence-electron chi connectivity index (χ0n) is 8.45. The maximum atomic E-state index is 11.7. The van der Waals surface area contributed by atoms with Crippen LogP contribution < -0.4 is 0 Å². The first-order valence-corrected chi connectivity index (χ1v) is 4.33. The molecule has 0 aliphatic heterocycles. The van der Waals surface area contributed by atoms with Crippen molar-refractivity contribution in [2.24, 2.45) is 0 Å². The van der Waals surface area contributed by atoms with Gasteiger partial charge in [0.15, 0.2) is 5.69 Å². The minimum atomic E-state index is -1.36. The van der Waals surface area contributed by atoms with E-state index in [0.717, 1.165) is 11.0 Å². The molecule has 0 bridgehead atoms. The fourth-order valence-corrected chi connectivity index (χ4v) is 1.01. The molecule has 1 rings (SSSR count). The predicted octanol–water partition coefficient (Wildman–Crippen LogP) is -0.138. The van der Waals surface area contributed by atoms with Crippen molar-refractivity contribution in [2.75, 3.05) is 13.1 Å². The molecule has 1 aromatic rings. The van der Waals surface area contributed by atoms with Gasteiger partial charge in [-0.15, -0.1) is 0 Å². The van der Waals surface area contributed by atoms with Crippen LogP contribution in [0.4, 0.5) is 0 Å². The molecule has 1 aromatic heterocycles. The van der Waals surface area contributed by atoms with E-state index in [-0.39, 0.29) is 18.8 Å². The maximum Gasteiger partial charge on any atom is 0.374 e. The van der Waals surface area contributed by atoms with Gasteiger partial charge in [-0.2, -0.15) is 10.5 Å². The molecule has 17 heavy (non-hydrogen) atoms. The Morgan fingerprint density at radius 2 is 2.00 bits per heavy atom. The Hall–Kier alpha value is -2.87. The number of aromatic carboxylic acids is 1. The molecule has 0 aliphatic rings. The number of nitriles is 2. The Labute approximate surface area is 95.2 Å². The molecule has 0 aromatic carbocycles. The zero-order valence-corrected chi connectivity index (χ0v) is 8.45. The van der Waals surface area contributed by atoms with Gasteiger partial charge in [0.2, 0.25) is 5.76 Å². The Kier molecular flexibility index (Phi) is 3.79. The number of amides is 1. The van der Waals surface area contributed by atoms with Crippen molar-refractivity contribution in [3.8, 4) is 12.1 Å². The predicted molar refractivity (Wildman–Crippen MR) is 50.6 cm³/mol. The Morgan fingerprint density at radius 3 is 2.41 bits per heavy atom. The molecule has 8 nitrogen and oxygen atoms in total. The highest BCUT2D eigenvalue weighted by atomic mass is 16.5. The summed E-state index contributed by atoms with van der Waals surface area (Å²) < 4.78 is 4.39. The monoisotopic (exact) mass is 234 g/mol. The fraction of sp³-hybridized carbons (Fsp3) is 0.222. The molecule has 0 fully saturated rings. The van der Waals surface area contributed by atoms with E-state index in [1.165, 1.54) is 0 Å². The molecule has 0 aliphatic carbocycles. The quantitative estimate of drug-likeness (QED) is 0.717. The van der Waals surface area contributed by atoms with Gasteiger partial charge >= 0.3 is 5.97 Å². The summed E-state index contributed by atoms with van der Waals surface area (Å²) in [7, 11) is 0. The Morgan fingerprint density at radius 1 is 1.41 bits per heavy atom. The molecule has 0 spiro atoms. The highest BCUT2D eigenvalue weighted by Gasteiger charge is 2.21. The van der Waals surface area contributed by atoms with Gasteiger partial charge in [-0.05, 0) is 0 Å². The average Bonchev–Trinajstić information content (AvgIpc) is 2.77. The van der Waals surface area contributed by atoms with Crippen LogP contribution in [-0.4, -0.2) is 40.1 Å². The van der Waals surface area contributed by atoms with Gasteiger partial charge in [0.1, 0.15) is 13.1 Å². The van der Waals surface area contributed by atoms with Crippen LogP contribution in [0, 0.1) is 22.7 Å². The summed E-state index contributed by atoms with van der Waals surface area (Å²) in [6.45, 7) is -0.580. The lowest BCUT2D eigenvalue weighted by atomic mass is 10.3. The summed E-state index contributed by atoms with van der Waals surface area (Å²) in [6.07, 6.45) is 0. The van der Waals surface area contributed by atoms with E-state index in [9.17, 15) is 9.59 Å². The lowest BCUT2D eigenvalue weighted by Gasteiger charge is -2.12. The zero-order chi connectivity index (χ0) is 12.8. The number of carboxylic acid groups (broad SMARTS) is 1. The van der Waals surface area contributed by atoms with Crippen molar-refractivity contribution in [1.29, 1.82) is 10.5 Å². The molecule has 1 amide bonds. The van der Waals surface area contributed by atoms with Crippen LogP contribution in [0.2, 0.25) is 0 Å². The summed E-state index contributed by atoms with van der Waals surface area (Å²) in [5.41, 5.74) is -0.257. The van der Waals surface area contributed by atoms with Crippen molar-refractivity contribution in [2.45, 2.75) is 0 Å². The fourth-order valence-electron chi connectivity index (χ4n) is 1.01. The first kappa shape index (κ1) is 12.2. The first-order valence-electron chi connectivity index (χ1n) is 4.33. The van der Waals surface area contributed by atoms with Gasteiger partial charge < -0.3 is 14.5 Å². The molecular formula is C9H6N4O4. The van der Waals surface area contributed by atoms with Crippen LogP contribution in [0.5, 0.6) is 0 Å². The van der Waals surface area contributed by atoms with Crippen LogP contribution in [0.1, 0.15) is 21.0 Å². The Balaban J connectivity index is 2.90. The van der Waals surface area contributed by atoms with Crippen LogP contribution in [0.3, 0.4) is 0 Å². The van der Waals surface area contributed by atoms with E-state index in [2.05, 4.69) is 9.68 Å². The molecular weight excluding hydrogens is 228 g/mol.